The SMILES string of the molecule is CC(CCCN)C(=O)N1CCC(N2CCOCC2)C1. The first-order valence-corrected chi connectivity index (χ1v) is 7.53. The first-order chi connectivity index (χ1) is 9.22. The van der Waals surface area contributed by atoms with Gasteiger partial charge in [-0.15, -0.1) is 0 Å². The molecule has 0 aromatic heterocycles. The summed E-state index contributed by atoms with van der Waals surface area (Å²) in [6, 6.07) is 0.537. The highest BCUT2D eigenvalue weighted by Gasteiger charge is 2.32. The number of amides is 1. The maximum atomic E-state index is 12.3. The van der Waals surface area contributed by atoms with Crippen molar-refractivity contribution in [3.63, 3.8) is 0 Å². The van der Waals surface area contributed by atoms with Crippen molar-refractivity contribution in [1.82, 2.24) is 9.80 Å². The van der Waals surface area contributed by atoms with E-state index in [9.17, 15) is 4.79 Å². The fraction of sp³-hybridized carbons (Fsp3) is 0.929. The van der Waals surface area contributed by atoms with Crippen molar-refractivity contribution in [2.75, 3.05) is 45.9 Å². The average molecular weight is 269 g/mol. The fourth-order valence-electron chi connectivity index (χ4n) is 3.04. The van der Waals surface area contributed by atoms with E-state index in [0.717, 1.165) is 58.7 Å². The number of carbonyl (C=O) groups excluding carboxylic acids is 1. The van der Waals surface area contributed by atoms with Crippen molar-refractivity contribution in [3.8, 4) is 0 Å². The van der Waals surface area contributed by atoms with Crippen molar-refractivity contribution in [2.45, 2.75) is 32.2 Å². The molecule has 0 saturated carbocycles. The molecule has 0 spiro atoms. The van der Waals surface area contributed by atoms with Gasteiger partial charge in [0.15, 0.2) is 0 Å². The van der Waals surface area contributed by atoms with E-state index in [2.05, 4.69) is 4.90 Å². The van der Waals surface area contributed by atoms with Crippen LogP contribution in [0.3, 0.4) is 0 Å². The Bertz CT molecular complexity index is 292. The summed E-state index contributed by atoms with van der Waals surface area (Å²) in [7, 11) is 0. The van der Waals surface area contributed by atoms with Gasteiger partial charge in [-0.3, -0.25) is 9.69 Å². The van der Waals surface area contributed by atoms with Gasteiger partial charge in [-0.05, 0) is 25.8 Å². The van der Waals surface area contributed by atoms with Crippen LogP contribution in [0, 0.1) is 5.92 Å². The fourth-order valence-corrected chi connectivity index (χ4v) is 3.04. The predicted molar refractivity (Wildman–Crippen MR) is 74.8 cm³/mol. The third kappa shape index (κ3) is 3.91. The van der Waals surface area contributed by atoms with Gasteiger partial charge in [-0.1, -0.05) is 6.92 Å². The van der Waals surface area contributed by atoms with Crippen LogP contribution >= 0.6 is 0 Å². The van der Waals surface area contributed by atoms with Gasteiger partial charge in [0, 0.05) is 38.1 Å². The van der Waals surface area contributed by atoms with Crippen LogP contribution in [0.1, 0.15) is 26.2 Å². The normalized spacial score (nSPS) is 26.6. The molecule has 2 rings (SSSR count). The summed E-state index contributed by atoms with van der Waals surface area (Å²) in [6.45, 7) is 8.19. The lowest BCUT2D eigenvalue weighted by molar-refractivity contribution is -0.134. The molecule has 1 amide bonds. The van der Waals surface area contributed by atoms with Crippen LogP contribution in [0.2, 0.25) is 0 Å². The molecule has 2 atom stereocenters. The van der Waals surface area contributed by atoms with Crippen LogP contribution in [-0.2, 0) is 9.53 Å². The topological polar surface area (TPSA) is 58.8 Å². The first-order valence-electron chi connectivity index (χ1n) is 7.53. The zero-order chi connectivity index (χ0) is 13.7. The van der Waals surface area contributed by atoms with Crippen molar-refractivity contribution < 1.29 is 9.53 Å². The molecule has 0 radical (unpaired) electrons. The highest BCUT2D eigenvalue weighted by atomic mass is 16.5. The lowest BCUT2D eigenvalue weighted by atomic mass is 10.0. The van der Waals surface area contributed by atoms with Crippen LogP contribution < -0.4 is 5.73 Å². The summed E-state index contributed by atoms with van der Waals surface area (Å²) in [5.41, 5.74) is 5.51. The van der Waals surface area contributed by atoms with Crippen LogP contribution in [0.4, 0.5) is 0 Å². The molecule has 0 aromatic carbocycles. The third-order valence-corrected chi connectivity index (χ3v) is 4.30. The molecule has 0 aromatic rings. The van der Waals surface area contributed by atoms with Crippen molar-refractivity contribution in [2.24, 2.45) is 11.7 Å². The summed E-state index contributed by atoms with van der Waals surface area (Å²) in [4.78, 5) is 16.8. The number of rotatable bonds is 5. The van der Waals surface area contributed by atoms with Crippen LogP contribution in [0.5, 0.6) is 0 Å². The van der Waals surface area contributed by atoms with Gasteiger partial charge >= 0.3 is 0 Å². The van der Waals surface area contributed by atoms with Gasteiger partial charge in [0.05, 0.1) is 13.2 Å². The molecule has 5 nitrogen and oxygen atoms in total. The molecule has 0 bridgehead atoms. The Morgan fingerprint density at radius 3 is 2.79 bits per heavy atom. The lowest BCUT2D eigenvalue weighted by Crippen LogP contribution is -2.45. The van der Waals surface area contributed by atoms with Crippen LogP contribution in [0.15, 0.2) is 0 Å². The molecule has 2 N–H and O–H groups in total. The molecule has 2 aliphatic rings. The minimum Gasteiger partial charge on any atom is -0.379 e. The monoisotopic (exact) mass is 269 g/mol. The Kier molecular flexibility index (Phi) is 5.60. The number of carbonyl (C=O) groups is 1. The Morgan fingerprint density at radius 1 is 1.37 bits per heavy atom. The zero-order valence-electron chi connectivity index (χ0n) is 12.0. The van der Waals surface area contributed by atoms with Gasteiger partial charge in [-0.2, -0.15) is 0 Å². The van der Waals surface area contributed by atoms with Crippen LogP contribution in [-0.4, -0.2) is 67.7 Å². The van der Waals surface area contributed by atoms with Gasteiger partial charge in [0.2, 0.25) is 5.91 Å². The minimum absolute atomic E-state index is 0.118. The van der Waals surface area contributed by atoms with E-state index in [-0.39, 0.29) is 5.92 Å². The van der Waals surface area contributed by atoms with E-state index in [1.807, 2.05) is 11.8 Å². The number of hydrogen-bond donors (Lipinski definition) is 1. The number of nitrogens with two attached hydrogens (primary N) is 1. The average Bonchev–Trinajstić information content (AvgIpc) is 2.94. The van der Waals surface area contributed by atoms with Gasteiger partial charge < -0.3 is 15.4 Å². The van der Waals surface area contributed by atoms with Gasteiger partial charge in [0.25, 0.3) is 0 Å². The summed E-state index contributed by atoms with van der Waals surface area (Å²) >= 11 is 0. The second-order valence-corrected chi connectivity index (χ2v) is 5.71. The van der Waals surface area contributed by atoms with Gasteiger partial charge in [-0.25, -0.2) is 0 Å². The number of morpholine rings is 1. The molecular weight excluding hydrogens is 242 g/mol. The minimum atomic E-state index is 0.118. The smallest absolute Gasteiger partial charge is 0.225 e. The van der Waals surface area contributed by atoms with E-state index in [1.165, 1.54) is 0 Å². The van der Waals surface area contributed by atoms with Crippen LogP contribution in [0.25, 0.3) is 0 Å². The van der Waals surface area contributed by atoms with Gasteiger partial charge in [0.1, 0.15) is 0 Å². The number of nitrogens with zero attached hydrogens (tertiary/aromatic N) is 2. The molecule has 5 heteroatoms. The second kappa shape index (κ2) is 7.22. The zero-order valence-corrected chi connectivity index (χ0v) is 12.0. The quantitative estimate of drug-likeness (QED) is 0.779. The third-order valence-electron chi connectivity index (χ3n) is 4.30. The number of ether oxygens (including phenoxy) is 1. The Labute approximate surface area is 116 Å². The highest BCUT2D eigenvalue weighted by Crippen LogP contribution is 2.20. The van der Waals surface area contributed by atoms with E-state index in [4.69, 9.17) is 10.5 Å². The Balaban J connectivity index is 1.78. The molecule has 2 fully saturated rings. The molecule has 19 heavy (non-hydrogen) atoms. The second-order valence-electron chi connectivity index (χ2n) is 5.71. The summed E-state index contributed by atoms with van der Waals surface area (Å²) in [5.74, 6) is 0.427. The molecule has 110 valence electrons. The largest absolute Gasteiger partial charge is 0.379 e. The summed E-state index contributed by atoms with van der Waals surface area (Å²) in [6.07, 6.45) is 2.96. The molecule has 2 saturated heterocycles. The van der Waals surface area contributed by atoms with E-state index in [1.54, 1.807) is 0 Å². The molecule has 2 aliphatic heterocycles. The van der Waals surface area contributed by atoms with E-state index >= 15 is 0 Å². The Hall–Kier alpha value is -0.650. The van der Waals surface area contributed by atoms with Crippen molar-refractivity contribution in [1.29, 1.82) is 0 Å². The maximum absolute atomic E-state index is 12.3. The molecular formula is C14H27N3O2. The van der Waals surface area contributed by atoms with Crippen molar-refractivity contribution >= 4 is 5.91 Å². The molecule has 2 heterocycles. The molecule has 0 aliphatic carbocycles. The lowest BCUT2D eigenvalue weighted by Gasteiger charge is -2.32. The predicted octanol–water partition coefficient (Wildman–Crippen LogP) is 0.295. The highest BCUT2D eigenvalue weighted by molar-refractivity contribution is 5.78. The van der Waals surface area contributed by atoms with E-state index < -0.39 is 0 Å². The van der Waals surface area contributed by atoms with E-state index in [0.29, 0.717) is 18.5 Å². The van der Waals surface area contributed by atoms with Crippen molar-refractivity contribution in [3.05, 3.63) is 0 Å². The first kappa shape index (κ1) is 14.8. The Morgan fingerprint density at radius 2 is 2.11 bits per heavy atom. The summed E-state index contributed by atoms with van der Waals surface area (Å²) in [5, 5.41) is 0. The maximum Gasteiger partial charge on any atom is 0.225 e. The number of hydrogen-bond acceptors (Lipinski definition) is 4. The number of likely N-dealkylation sites (tertiary alicyclic amines) is 1. The standard InChI is InChI=1S/C14H27N3O2/c1-12(3-2-5-15)14(18)17-6-4-13(11-17)16-7-9-19-10-8-16/h12-13H,2-11,15H2,1H3. The summed E-state index contributed by atoms with van der Waals surface area (Å²) < 4.78 is 5.38. The molecule has 2 unspecified atom stereocenters.